The molecule has 2 aromatic rings. The maximum Gasteiger partial charge on any atom is 0.253 e. The molecule has 28 heavy (non-hydrogen) atoms. The van der Waals surface area contributed by atoms with Gasteiger partial charge in [-0.15, -0.1) is 0 Å². The molecule has 0 aromatic heterocycles. The summed E-state index contributed by atoms with van der Waals surface area (Å²) in [4.78, 5) is 27.4. The van der Waals surface area contributed by atoms with Gasteiger partial charge in [-0.3, -0.25) is 9.59 Å². The van der Waals surface area contributed by atoms with Crippen molar-refractivity contribution in [2.24, 2.45) is 0 Å². The van der Waals surface area contributed by atoms with Gasteiger partial charge in [0.1, 0.15) is 11.4 Å². The predicted molar refractivity (Wildman–Crippen MR) is 110 cm³/mol. The van der Waals surface area contributed by atoms with E-state index in [4.69, 9.17) is 27.9 Å². The van der Waals surface area contributed by atoms with Crippen molar-refractivity contribution in [3.8, 4) is 5.75 Å². The Morgan fingerprint density at radius 3 is 2.54 bits per heavy atom. The van der Waals surface area contributed by atoms with E-state index in [1.54, 1.807) is 29.2 Å². The molecule has 1 saturated heterocycles. The summed E-state index contributed by atoms with van der Waals surface area (Å²) in [5.41, 5.74) is 2.30. The topological polar surface area (TPSA) is 46.6 Å². The number of hydrogen-bond donors (Lipinski definition) is 0. The molecule has 0 bridgehead atoms. The number of hydrogen-bond acceptors (Lipinski definition) is 3. The summed E-state index contributed by atoms with van der Waals surface area (Å²) in [6, 6.07) is 8.83. The van der Waals surface area contributed by atoms with E-state index in [0.717, 1.165) is 11.1 Å². The van der Waals surface area contributed by atoms with Gasteiger partial charge in [0.2, 0.25) is 0 Å². The van der Waals surface area contributed by atoms with Crippen molar-refractivity contribution >= 4 is 34.9 Å². The molecule has 0 radical (unpaired) electrons. The maximum absolute atomic E-state index is 12.9. The van der Waals surface area contributed by atoms with Gasteiger partial charge in [-0.05, 0) is 49.2 Å². The Balaban J connectivity index is 1.53. The van der Waals surface area contributed by atoms with Crippen molar-refractivity contribution in [1.82, 2.24) is 4.90 Å². The summed E-state index contributed by atoms with van der Waals surface area (Å²) in [5.74, 6) is 0.638. The second-order valence-corrected chi connectivity index (χ2v) is 8.51. The Hall–Kier alpha value is -2.04. The van der Waals surface area contributed by atoms with Gasteiger partial charge in [-0.2, -0.15) is 0 Å². The van der Waals surface area contributed by atoms with Crippen LogP contribution in [0.4, 0.5) is 0 Å². The molecule has 0 N–H and O–H groups in total. The number of carbonyl (C=O) groups is 2. The quantitative estimate of drug-likeness (QED) is 0.636. The Morgan fingerprint density at radius 2 is 1.86 bits per heavy atom. The van der Waals surface area contributed by atoms with Crippen LogP contribution in [0.25, 0.3) is 0 Å². The smallest absolute Gasteiger partial charge is 0.253 e. The van der Waals surface area contributed by atoms with Crippen molar-refractivity contribution in [2.75, 3.05) is 13.1 Å². The minimum Gasteiger partial charge on any atom is -0.486 e. The third-order valence-electron chi connectivity index (χ3n) is 5.77. The Labute approximate surface area is 174 Å². The fraction of sp³-hybridized carbons (Fsp3) is 0.364. The fourth-order valence-corrected chi connectivity index (χ4v) is 4.54. The standard InChI is InChI=1S/C22H21Cl2NO3/c1-13-10-18-19(14(2)20(13)24)17(26)12-22(28-18)6-8-25(9-7-22)21(27)15-4-3-5-16(23)11-15/h3-5,10-11H,6-9,12H2,1-2H3. The van der Waals surface area contributed by atoms with Crippen LogP contribution in [0.1, 0.15) is 51.1 Å². The molecule has 1 fully saturated rings. The largest absolute Gasteiger partial charge is 0.486 e. The number of likely N-dealkylation sites (tertiary alicyclic amines) is 1. The van der Waals surface area contributed by atoms with Gasteiger partial charge in [0.25, 0.3) is 5.91 Å². The number of ketones is 1. The van der Waals surface area contributed by atoms with Crippen molar-refractivity contribution in [3.05, 3.63) is 62.6 Å². The van der Waals surface area contributed by atoms with Crippen LogP contribution in [0, 0.1) is 13.8 Å². The first-order valence-corrected chi connectivity index (χ1v) is 10.1. The number of amides is 1. The highest BCUT2D eigenvalue weighted by molar-refractivity contribution is 6.33. The molecule has 0 aliphatic carbocycles. The molecule has 146 valence electrons. The summed E-state index contributed by atoms with van der Waals surface area (Å²) >= 11 is 12.3. The Morgan fingerprint density at radius 1 is 1.14 bits per heavy atom. The van der Waals surface area contributed by atoms with Crippen LogP contribution >= 0.6 is 23.2 Å². The van der Waals surface area contributed by atoms with E-state index < -0.39 is 5.60 Å². The van der Waals surface area contributed by atoms with Crippen molar-refractivity contribution < 1.29 is 14.3 Å². The van der Waals surface area contributed by atoms with Crippen LogP contribution in [0.5, 0.6) is 5.75 Å². The number of benzene rings is 2. The molecule has 1 spiro atoms. The minimum atomic E-state index is -0.554. The van der Waals surface area contributed by atoms with E-state index in [2.05, 4.69) is 0 Å². The maximum atomic E-state index is 12.9. The minimum absolute atomic E-state index is 0.0432. The zero-order valence-corrected chi connectivity index (χ0v) is 17.4. The summed E-state index contributed by atoms with van der Waals surface area (Å²) in [7, 11) is 0. The lowest BCUT2D eigenvalue weighted by Gasteiger charge is -2.44. The van der Waals surface area contributed by atoms with E-state index in [1.165, 1.54) is 0 Å². The number of rotatable bonds is 1. The lowest BCUT2D eigenvalue weighted by Crippen LogP contribution is -2.52. The van der Waals surface area contributed by atoms with Crippen LogP contribution in [0.3, 0.4) is 0 Å². The van der Waals surface area contributed by atoms with Gasteiger partial charge in [-0.25, -0.2) is 0 Å². The second kappa shape index (κ2) is 7.09. The summed E-state index contributed by atoms with van der Waals surface area (Å²) in [6.07, 6.45) is 1.55. The first kappa shape index (κ1) is 19.3. The molecule has 2 aliphatic heterocycles. The molecule has 2 aliphatic rings. The van der Waals surface area contributed by atoms with Crippen LogP contribution in [0.2, 0.25) is 10.0 Å². The number of aryl methyl sites for hydroxylation is 1. The average Bonchev–Trinajstić information content (AvgIpc) is 2.66. The number of fused-ring (bicyclic) bond motifs is 1. The third-order valence-corrected chi connectivity index (χ3v) is 6.58. The van der Waals surface area contributed by atoms with Gasteiger partial charge in [0.15, 0.2) is 5.78 Å². The van der Waals surface area contributed by atoms with Gasteiger partial charge in [0.05, 0.1) is 12.0 Å². The van der Waals surface area contributed by atoms with E-state index in [9.17, 15) is 9.59 Å². The van der Waals surface area contributed by atoms with Crippen molar-refractivity contribution in [3.63, 3.8) is 0 Å². The average molecular weight is 418 g/mol. The number of Topliss-reactive ketones (excluding diaryl/α,β-unsaturated/α-hetero) is 1. The normalized spacial score (nSPS) is 18.0. The zero-order valence-electron chi connectivity index (χ0n) is 15.9. The van der Waals surface area contributed by atoms with Crippen molar-refractivity contribution in [1.29, 1.82) is 0 Å². The highest BCUT2D eigenvalue weighted by Gasteiger charge is 2.44. The molecule has 1 amide bonds. The summed E-state index contributed by atoms with van der Waals surface area (Å²) in [5, 5.41) is 1.16. The van der Waals surface area contributed by atoms with Crippen LogP contribution < -0.4 is 4.74 Å². The van der Waals surface area contributed by atoms with Gasteiger partial charge >= 0.3 is 0 Å². The molecule has 0 unspecified atom stereocenters. The van der Waals surface area contributed by atoms with E-state index in [-0.39, 0.29) is 11.7 Å². The third kappa shape index (κ3) is 3.29. The van der Waals surface area contributed by atoms with Crippen LogP contribution in [0.15, 0.2) is 30.3 Å². The second-order valence-electron chi connectivity index (χ2n) is 7.69. The first-order chi connectivity index (χ1) is 13.3. The molecule has 0 atom stereocenters. The van der Waals surface area contributed by atoms with Crippen LogP contribution in [-0.2, 0) is 0 Å². The molecule has 2 heterocycles. The summed E-state index contributed by atoms with van der Waals surface area (Å²) in [6.45, 7) is 4.86. The monoisotopic (exact) mass is 417 g/mol. The zero-order chi connectivity index (χ0) is 20.1. The molecular weight excluding hydrogens is 397 g/mol. The van der Waals surface area contributed by atoms with Gasteiger partial charge < -0.3 is 9.64 Å². The Bertz CT molecular complexity index is 978. The predicted octanol–water partition coefficient (Wildman–Crippen LogP) is 5.25. The molecular formula is C22H21Cl2NO3. The highest BCUT2D eigenvalue weighted by Crippen LogP contribution is 2.43. The van der Waals surface area contributed by atoms with E-state index >= 15 is 0 Å². The number of piperidine rings is 1. The molecule has 6 heteroatoms. The number of halogens is 2. The van der Waals surface area contributed by atoms with E-state index in [1.807, 2.05) is 19.9 Å². The SMILES string of the molecule is Cc1cc2c(c(C)c1Cl)C(=O)CC1(CCN(C(=O)c3cccc(Cl)c3)CC1)O2. The lowest BCUT2D eigenvalue weighted by atomic mass is 9.81. The highest BCUT2D eigenvalue weighted by atomic mass is 35.5. The van der Waals surface area contributed by atoms with Gasteiger partial charge in [-0.1, -0.05) is 29.3 Å². The first-order valence-electron chi connectivity index (χ1n) is 9.36. The van der Waals surface area contributed by atoms with E-state index in [0.29, 0.717) is 59.3 Å². The number of ether oxygens (including phenoxy) is 1. The molecule has 0 saturated carbocycles. The van der Waals surface area contributed by atoms with Crippen LogP contribution in [-0.4, -0.2) is 35.3 Å². The van der Waals surface area contributed by atoms with Crippen molar-refractivity contribution in [2.45, 2.75) is 38.7 Å². The molecule has 4 rings (SSSR count). The fourth-order valence-electron chi connectivity index (χ4n) is 4.20. The summed E-state index contributed by atoms with van der Waals surface area (Å²) < 4.78 is 6.36. The lowest BCUT2D eigenvalue weighted by molar-refractivity contribution is -0.00580. The van der Waals surface area contributed by atoms with Gasteiger partial charge in [0, 0.05) is 41.5 Å². The Kier molecular flexibility index (Phi) is 4.88. The number of nitrogens with zero attached hydrogens (tertiary/aromatic N) is 1. The number of carbonyl (C=O) groups excluding carboxylic acids is 2. The molecule has 2 aromatic carbocycles. The molecule has 4 nitrogen and oxygen atoms in total.